The zero-order valence-electron chi connectivity index (χ0n) is 10.3. The first-order valence-electron chi connectivity index (χ1n) is 6.51. The second-order valence-corrected chi connectivity index (χ2v) is 5.19. The zero-order valence-corrected chi connectivity index (χ0v) is 10.3. The minimum atomic E-state index is -0.250. The van der Waals surface area contributed by atoms with Crippen molar-refractivity contribution in [3.63, 3.8) is 0 Å². The number of benzene rings is 1. The van der Waals surface area contributed by atoms with Crippen molar-refractivity contribution < 1.29 is 4.39 Å². The van der Waals surface area contributed by atoms with E-state index < -0.39 is 0 Å². The summed E-state index contributed by atoms with van der Waals surface area (Å²) in [5.74, 6) is -0.250. The van der Waals surface area contributed by atoms with Crippen molar-refractivity contribution in [1.82, 2.24) is 4.98 Å². The van der Waals surface area contributed by atoms with E-state index in [1.165, 1.54) is 24.5 Å². The molecule has 0 spiro atoms. The Balaban J connectivity index is 2.26. The van der Waals surface area contributed by atoms with Gasteiger partial charge in [0.2, 0.25) is 0 Å². The van der Waals surface area contributed by atoms with E-state index >= 15 is 0 Å². The van der Waals surface area contributed by atoms with E-state index in [1.54, 1.807) is 12.3 Å². The number of para-hydroxylation sites is 1. The number of hydrogen-bond acceptors (Lipinski definition) is 2. The van der Waals surface area contributed by atoms with E-state index in [-0.39, 0.29) is 11.2 Å². The maximum atomic E-state index is 13.8. The average Bonchev–Trinajstić information content (AvgIpc) is 2.89. The Bertz CT molecular complexity index is 574. The van der Waals surface area contributed by atoms with Gasteiger partial charge in [-0.3, -0.25) is 4.98 Å². The number of rotatable bonds is 2. The van der Waals surface area contributed by atoms with Crippen LogP contribution in [0.1, 0.15) is 31.2 Å². The summed E-state index contributed by atoms with van der Waals surface area (Å²) >= 11 is 0. The van der Waals surface area contributed by atoms with Gasteiger partial charge < -0.3 is 5.73 Å². The highest BCUT2D eigenvalue weighted by atomic mass is 19.1. The number of nitrogens with zero attached hydrogens (tertiary/aromatic N) is 1. The Hall–Kier alpha value is -1.48. The predicted octanol–water partition coefficient (Wildman–Crippen LogP) is 3.14. The number of hydrogen-bond donors (Lipinski definition) is 1. The Morgan fingerprint density at radius 1 is 1.22 bits per heavy atom. The van der Waals surface area contributed by atoms with E-state index in [1.807, 2.05) is 12.1 Å². The van der Waals surface area contributed by atoms with Gasteiger partial charge in [-0.05, 0) is 30.5 Å². The first-order chi connectivity index (χ1) is 8.77. The quantitative estimate of drug-likeness (QED) is 0.881. The molecule has 3 heteroatoms. The van der Waals surface area contributed by atoms with Crippen LogP contribution in [0.5, 0.6) is 0 Å². The van der Waals surface area contributed by atoms with Gasteiger partial charge >= 0.3 is 0 Å². The van der Waals surface area contributed by atoms with Crippen molar-refractivity contribution >= 4 is 10.9 Å². The third-order valence-electron chi connectivity index (χ3n) is 4.24. The lowest BCUT2D eigenvalue weighted by atomic mass is 9.77. The van der Waals surface area contributed by atoms with Crippen LogP contribution in [0.3, 0.4) is 0 Å². The molecule has 0 radical (unpaired) electrons. The van der Waals surface area contributed by atoms with Crippen LogP contribution in [0.4, 0.5) is 4.39 Å². The zero-order chi connectivity index (χ0) is 12.6. The number of nitrogens with two attached hydrogens (primary N) is 1. The molecule has 18 heavy (non-hydrogen) atoms. The Labute approximate surface area is 106 Å². The second-order valence-electron chi connectivity index (χ2n) is 5.19. The monoisotopic (exact) mass is 244 g/mol. The van der Waals surface area contributed by atoms with Crippen LogP contribution in [0.25, 0.3) is 10.9 Å². The Morgan fingerprint density at radius 2 is 2.00 bits per heavy atom. The van der Waals surface area contributed by atoms with Crippen molar-refractivity contribution in [2.45, 2.75) is 31.1 Å². The van der Waals surface area contributed by atoms with Crippen LogP contribution in [0, 0.1) is 5.82 Å². The molecule has 0 bridgehead atoms. The van der Waals surface area contributed by atoms with Gasteiger partial charge in [0.15, 0.2) is 0 Å². The molecule has 0 atom stereocenters. The van der Waals surface area contributed by atoms with Gasteiger partial charge in [-0.2, -0.15) is 0 Å². The Morgan fingerprint density at radius 3 is 2.72 bits per heavy atom. The normalized spacial score (nSPS) is 18.3. The minimum absolute atomic E-state index is 0.0228. The van der Waals surface area contributed by atoms with Crippen LogP contribution >= 0.6 is 0 Å². The number of pyridine rings is 1. The highest BCUT2D eigenvalue weighted by Crippen LogP contribution is 2.42. The fourth-order valence-corrected chi connectivity index (χ4v) is 3.24. The maximum absolute atomic E-state index is 13.8. The van der Waals surface area contributed by atoms with Gasteiger partial charge in [0, 0.05) is 23.5 Å². The molecule has 1 heterocycles. The summed E-state index contributed by atoms with van der Waals surface area (Å²) in [7, 11) is 0. The molecule has 2 N–H and O–H groups in total. The summed E-state index contributed by atoms with van der Waals surface area (Å²) in [5, 5.41) is 0.921. The van der Waals surface area contributed by atoms with E-state index in [0.29, 0.717) is 12.1 Å². The summed E-state index contributed by atoms with van der Waals surface area (Å²) in [6.45, 7) is 0.628. The van der Waals surface area contributed by atoms with E-state index in [0.717, 1.165) is 18.2 Å². The maximum Gasteiger partial charge on any atom is 0.149 e. The standard InChI is InChI=1S/C15H17FN2/c16-13-5-3-4-11-12(6-9-18-14(11)13)15(10-17)7-1-2-8-15/h3-6,9H,1-2,7-8,10,17H2. The number of fused-ring (bicyclic) bond motifs is 1. The van der Waals surface area contributed by atoms with E-state index in [9.17, 15) is 4.39 Å². The molecule has 2 nitrogen and oxygen atoms in total. The van der Waals surface area contributed by atoms with Crippen LogP contribution < -0.4 is 5.73 Å². The molecule has 0 amide bonds. The third kappa shape index (κ3) is 1.62. The smallest absolute Gasteiger partial charge is 0.149 e. The molecule has 1 aromatic heterocycles. The molecule has 1 fully saturated rings. The molecule has 0 aliphatic heterocycles. The fourth-order valence-electron chi connectivity index (χ4n) is 3.24. The Kier molecular flexibility index (Phi) is 2.78. The minimum Gasteiger partial charge on any atom is -0.330 e. The first-order valence-corrected chi connectivity index (χ1v) is 6.51. The molecule has 1 aromatic carbocycles. The van der Waals surface area contributed by atoms with Gasteiger partial charge in [-0.1, -0.05) is 25.0 Å². The first kappa shape index (κ1) is 11.6. The van der Waals surface area contributed by atoms with Gasteiger partial charge in [-0.15, -0.1) is 0 Å². The van der Waals surface area contributed by atoms with Crippen LogP contribution in [-0.4, -0.2) is 11.5 Å². The van der Waals surface area contributed by atoms with E-state index in [4.69, 9.17) is 5.73 Å². The fraction of sp³-hybridized carbons (Fsp3) is 0.400. The number of aromatic nitrogens is 1. The lowest BCUT2D eigenvalue weighted by Crippen LogP contribution is -2.32. The molecule has 3 rings (SSSR count). The molecular formula is C15H17FN2. The predicted molar refractivity (Wildman–Crippen MR) is 70.9 cm³/mol. The van der Waals surface area contributed by atoms with Crippen molar-refractivity contribution in [3.05, 3.63) is 41.8 Å². The van der Waals surface area contributed by atoms with Gasteiger partial charge in [0.1, 0.15) is 11.3 Å². The van der Waals surface area contributed by atoms with Crippen molar-refractivity contribution in [2.75, 3.05) is 6.54 Å². The van der Waals surface area contributed by atoms with Crippen molar-refractivity contribution in [2.24, 2.45) is 5.73 Å². The van der Waals surface area contributed by atoms with Crippen LogP contribution in [0.15, 0.2) is 30.5 Å². The van der Waals surface area contributed by atoms with Crippen LogP contribution in [0.2, 0.25) is 0 Å². The largest absolute Gasteiger partial charge is 0.330 e. The van der Waals surface area contributed by atoms with Gasteiger partial charge in [0.25, 0.3) is 0 Å². The van der Waals surface area contributed by atoms with Crippen molar-refractivity contribution in [3.8, 4) is 0 Å². The molecule has 0 saturated heterocycles. The lowest BCUT2D eigenvalue weighted by molar-refractivity contribution is 0.456. The molecular weight excluding hydrogens is 227 g/mol. The molecule has 2 aromatic rings. The topological polar surface area (TPSA) is 38.9 Å². The highest BCUT2D eigenvalue weighted by molar-refractivity contribution is 5.83. The molecule has 1 aliphatic rings. The average molecular weight is 244 g/mol. The summed E-state index contributed by atoms with van der Waals surface area (Å²) in [6.07, 6.45) is 6.31. The number of halogens is 1. The SMILES string of the molecule is NCC1(c2ccnc3c(F)cccc23)CCCC1. The van der Waals surface area contributed by atoms with Gasteiger partial charge in [0.05, 0.1) is 0 Å². The van der Waals surface area contributed by atoms with E-state index in [2.05, 4.69) is 4.98 Å². The lowest BCUT2D eigenvalue weighted by Gasteiger charge is -2.29. The summed E-state index contributed by atoms with van der Waals surface area (Å²) < 4.78 is 13.8. The summed E-state index contributed by atoms with van der Waals surface area (Å²) in [4.78, 5) is 4.16. The van der Waals surface area contributed by atoms with Crippen LogP contribution in [-0.2, 0) is 5.41 Å². The molecule has 1 saturated carbocycles. The molecule has 0 unspecified atom stereocenters. The second kappa shape index (κ2) is 4.32. The third-order valence-corrected chi connectivity index (χ3v) is 4.24. The molecule has 1 aliphatic carbocycles. The van der Waals surface area contributed by atoms with Crippen molar-refractivity contribution in [1.29, 1.82) is 0 Å². The highest BCUT2D eigenvalue weighted by Gasteiger charge is 2.35. The summed E-state index contributed by atoms with van der Waals surface area (Å²) in [6, 6.07) is 7.18. The van der Waals surface area contributed by atoms with Gasteiger partial charge in [-0.25, -0.2) is 4.39 Å². The molecule has 94 valence electrons. The summed E-state index contributed by atoms with van der Waals surface area (Å²) in [5.41, 5.74) is 7.68.